The molecule has 0 atom stereocenters. The molecule has 0 heterocycles. The van der Waals surface area contributed by atoms with E-state index in [-0.39, 0.29) is 0 Å². The summed E-state index contributed by atoms with van der Waals surface area (Å²) in [4.78, 5) is 10.9. The van der Waals surface area contributed by atoms with Gasteiger partial charge in [0.25, 0.3) is 0 Å². The highest BCUT2D eigenvalue weighted by atomic mass is 35.5. The summed E-state index contributed by atoms with van der Waals surface area (Å²) in [6.07, 6.45) is 1.36. The van der Waals surface area contributed by atoms with E-state index in [1.54, 1.807) is 6.92 Å². The van der Waals surface area contributed by atoms with Crippen LogP contribution in [0.25, 0.3) is 0 Å². The number of nitrogens with one attached hydrogen (secondary N) is 1. The number of hydrogen-bond donors (Lipinski definition) is 1. The molecule has 96 valence electrons. The van der Waals surface area contributed by atoms with Gasteiger partial charge >= 0.3 is 0 Å². The number of carbonyl (C=O) groups is 1. The maximum Gasteiger partial charge on any atom is 0.220 e. The molecule has 1 aromatic carbocycles. The van der Waals surface area contributed by atoms with Gasteiger partial charge in [-0.05, 0) is 18.1 Å². The lowest BCUT2D eigenvalue weighted by molar-refractivity contribution is -0.114. The van der Waals surface area contributed by atoms with E-state index in [4.69, 9.17) is 17.0 Å². The molecule has 0 saturated heterocycles. The third kappa shape index (κ3) is 5.38. The smallest absolute Gasteiger partial charge is 0.220 e. The van der Waals surface area contributed by atoms with Gasteiger partial charge in [-0.15, -0.1) is 0 Å². The molecule has 1 amide bonds. The molecule has 0 saturated carbocycles. The van der Waals surface area contributed by atoms with E-state index >= 15 is 0 Å². The normalized spacial score (nSPS) is 9.89. The van der Waals surface area contributed by atoms with Crippen LogP contribution >= 0.6 is 23.5 Å². The Morgan fingerprint density at radius 2 is 2.22 bits per heavy atom. The van der Waals surface area contributed by atoms with Crippen LogP contribution in [0.5, 0.6) is 0 Å². The molecule has 0 aliphatic carbocycles. The van der Waals surface area contributed by atoms with Gasteiger partial charge in [0.05, 0.1) is 10.9 Å². The molecular formula is C13H15ClN2OS. The van der Waals surface area contributed by atoms with Crippen LogP contribution in [0, 0.1) is 5.41 Å². The first-order chi connectivity index (χ1) is 8.51. The Hall–Kier alpha value is -1.26. The van der Waals surface area contributed by atoms with Crippen molar-refractivity contribution in [3.8, 4) is 0 Å². The van der Waals surface area contributed by atoms with Gasteiger partial charge in [0.1, 0.15) is 0 Å². The Kier molecular flexibility index (Phi) is 5.95. The fourth-order valence-electron chi connectivity index (χ4n) is 1.54. The van der Waals surface area contributed by atoms with Crippen molar-refractivity contribution < 1.29 is 4.79 Å². The zero-order valence-corrected chi connectivity index (χ0v) is 11.7. The van der Waals surface area contributed by atoms with E-state index in [9.17, 15) is 4.79 Å². The molecule has 0 aliphatic heterocycles. The lowest BCUT2D eigenvalue weighted by atomic mass is 10.1. The van der Waals surface area contributed by atoms with Gasteiger partial charge in [-0.3, -0.25) is 9.10 Å². The van der Waals surface area contributed by atoms with E-state index < -0.39 is 0 Å². The van der Waals surface area contributed by atoms with Crippen molar-refractivity contribution in [1.29, 1.82) is 5.41 Å². The molecule has 0 aliphatic rings. The zero-order chi connectivity index (χ0) is 13.5. The van der Waals surface area contributed by atoms with Crippen molar-refractivity contribution in [2.45, 2.75) is 19.9 Å². The van der Waals surface area contributed by atoms with Crippen LogP contribution in [0.15, 0.2) is 35.2 Å². The van der Waals surface area contributed by atoms with Crippen molar-refractivity contribution in [3.05, 3.63) is 46.3 Å². The van der Waals surface area contributed by atoms with Gasteiger partial charge in [-0.2, -0.15) is 0 Å². The Balaban J connectivity index is 2.73. The van der Waals surface area contributed by atoms with Crippen molar-refractivity contribution in [2.24, 2.45) is 0 Å². The number of carbonyl (C=O) groups excluding carboxylic acids is 1. The summed E-state index contributed by atoms with van der Waals surface area (Å²) in [5.74, 6) is 0. The predicted molar refractivity (Wildman–Crippen MR) is 77.7 cm³/mol. The molecule has 1 aromatic rings. The third-order valence-corrected chi connectivity index (χ3v) is 2.99. The van der Waals surface area contributed by atoms with Crippen LogP contribution in [0.3, 0.4) is 0 Å². The van der Waals surface area contributed by atoms with Crippen LogP contribution in [0.4, 0.5) is 0 Å². The largest absolute Gasteiger partial charge is 0.310 e. The Bertz CT molecular complexity index is 462. The first-order valence-corrected chi connectivity index (χ1v) is 6.52. The molecule has 5 heteroatoms. The Morgan fingerprint density at radius 3 is 2.78 bits per heavy atom. The molecule has 0 aromatic heterocycles. The molecular weight excluding hydrogens is 268 g/mol. The summed E-state index contributed by atoms with van der Waals surface area (Å²) in [5, 5.41) is 7.47. The summed E-state index contributed by atoms with van der Waals surface area (Å²) in [6, 6.07) is 7.83. The van der Waals surface area contributed by atoms with Crippen molar-refractivity contribution >= 4 is 35.7 Å². The Morgan fingerprint density at radius 1 is 1.56 bits per heavy atom. The summed E-state index contributed by atoms with van der Waals surface area (Å²) < 4.78 is 1.83. The standard InChI is InChI=1S/C13H15ClN2OS/c1-10(15)6-12-4-3-5-13(7-12)8-16(9-17)18-11(2)14/h3-5,7,9,15H,2,6,8H2,1H3. The molecule has 0 fully saturated rings. The third-order valence-electron chi connectivity index (χ3n) is 2.13. The molecule has 0 unspecified atom stereocenters. The number of hydrogen-bond acceptors (Lipinski definition) is 3. The molecule has 18 heavy (non-hydrogen) atoms. The number of rotatable bonds is 7. The lowest BCUT2D eigenvalue weighted by Crippen LogP contribution is -2.12. The average Bonchev–Trinajstić information content (AvgIpc) is 2.27. The summed E-state index contributed by atoms with van der Waals surface area (Å²) in [6.45, 7) is 5.78. The maximum absolute atomic E-state index is 10.9. The number of amides is 1. The molecule has 0 radical (unpaired) electrons. The van der Waals surface area contributed by atoms with E-state index in [0.29, 0.717) is 23.0 Å². The molecule has 1 N–H and O–H groups in total. The van der Waals surface area contributed by atoms with Crippen LogP contribution in [-0.2, 0) is 17.8 Å². The number of nitrogens with zero attached hydrogens (tertiary/aromatic N) is 1. The second-order valence-electron chi connectivity index (χ2n) is 3.90. The van der Waals surface area contributed by atoms with Gasteiger partial charge < -0.3 is 5.41 Å². The van der Waals surface area contributed by atoms with Gasteiger partial charge in [0.15, 0.2) is 0 Å². The summed E-state index contributed by atoms with van der Waals surface area (Å²) in [7, 11) is 0. The van der Waals surface area contributed by atoms with Crippen molar-refractivity contribution in [1.82, 2.24) is 4.31 Å². The SMILES string of the molecule is C=C(Cl)SN(C=O)Cc1cccc(CC(C)=N)c1. The van der Waals surface area contributed by atoms with E-state index in [0.717, 1.165) is 29.5 Å². The molecule has 3 nitrogen and oxygen atoms in total. The predicted octanol–water partition coefficient (Wildman–Crippen LogP) is 3.59. The topological polar surface area (TPSA) is 44.2 Å². The first-order valence-electron chi connectivity index (χ1n) is 5.37. The fourth-order valence-corrected chi connectivity index (χ4v) is 2.32. The highest BCUT2D eigenvalue weighted by molar-refractivity contribution is 8.02. The second kappa shape index (κ2) is 7.24. The van der Waals surface area contributed by atoms with Crippen molar-refractivity contribution in [3.63, 3.8) is 0 Å². The fraction of sp³-hybridized carbons (Fsp3) is 0.231. The minimum atomic E-state index is 0.355. The summed E-state index contributed by atoms with van der Waals surface area (Å²) in [5.41, 5.74) is 2.69. The zero-order valence-electron chi connectivity index (χ0n) is 10.1. The quantitative estimate of drug-likeness (QED) is 0.472. The van der Waals surface area contributed by atoms with Crippen molar-refractivity contribution in [2.75, 3.05) is 0 Å². The Labute approximate surface area is 116 Å². The van der Waals surface area contributed by atoms with Gasteiger partial charge in [-0.25, -0.2) is 0 Å². The van der Waals surface area contributed by atoms with E-state index in [2.05, 4.69) is 6.58 Å². The van der Waals surface area contributed by atoms with Crippen LogP contribution in [0.2, 0.25) is 0 Å². The first kappa shape index (κ1) is 14.8. The maximum atomic E-state index is 10.9. The van der Waals surface area contributed by atoms with Crippen LogP contribution in [0.1, 0.15) is 18.1 Å². The van der Waals surface area contributed by atoms with Gasteiger partial charge in [0.2, 0.25) is 6.41 Å². The highest BCUT2D eigenvalue weighted by Crippen LogP contribution is 2.23. The minimum absolute atomic E-state index is 0.355. The monoisotopic (exact) mass is 282 g/mol. The van der Waals surface area contributed by atoms with Gasteiger partial charge in [-0.1, -0.05) is 42.4 Å². The molecule has 0 spiro atoms. The lowest BCUT2D eigenvalue weighted by Gasteiger charge is -2.15. The van der Waals surface area contributed by atoms with Gasteiger partial charge in [0, 0.05) is 24.1 Å². The average molecular weight is 283 g/mol. The van der Waals surface area contributed by atoms with Crippen LogP contribution in [-0.4, -0.2) is 16.4 Å². The molecule has 0 bridgehead atoms. The van der Waals surface area contributed by atoms with Crippen LogP contribution < -0.4 is 0 Å². The molecule has 1 rings (SSSR count). The van der Waals surface area contributed by atoms with E-state index in [1.165, 1.54) is 4.31 Å². The number of benzene rings is 1. The minimum Gasteiger partial charge on any atom is -0.310 e. The second-order valence-corrected chi connectivity index (χ2v) is 5.73. The highest BCUT2D eigenvalue weighted by Gasteiger charge is 2.06. The summed E-state index contributed by atoms with van der Waals surface area (Å²) >= 11 is 6.77. The number of halogens is 1. The van der Waals surface area contributed by atoms with E-state index in [1.807, 2.05) is 24.3 Å².